The zero-order valence-electron chi connectivity index (χ0n) is 9.65. The van der Waals surface area contributed by atoms with Crippen LogP contribution in [0, 0.1) is 5.92 Å². The molecule has 0 rings (SSSR count). The van der Waals surface area contributed by atoms with Crippen molar-refractivity contribution in [2.45, 2.75) is 41.0 Å². The van der Waals surface area contributed by atoms with E-state index in [4.69, 9.17) is 0 Å². The van der Waals surface area contributed by atoms with E-state index >= 15 is 0 Å². The first-order chi connectivity index (χ1) is 6.04. The summed E-state index contributed by atoms with van der Waals surface area (Å²) in [7, 11) is 0. The van der Waals surface area contributed by atoms with Gasteiger partial charge < -0.3 is 0 Å². The van der Waals surface area contributed by atoms with Crippen LogP contribution in [0.3, 0.4) is 0 Å². The number of allylic oxidation sites excluding steroid dienone is 5. The SMILES string of the molecule is C=C(C)C(C=CC)=C(C)C(C)CC. The summed E-state index contributed by atoms with van der Waals surface area (Å²) in [4.78, 5) is 0. The Hall–Kier alpha value is -0.780. The largest absolute Gasteiger partial charge is 0.0955 e. The summed E-state index contributed by atoms with van der Waals surface area (Å²) < 4.78 is 0. The van der Waals surface area contributed by atoms with Gasteiger partial charge in [-0.15, -0.1) is 0 Å². The predicted molar refractivity (Wildman–Crippen MR) is 61.8 cm³/mol. The van der Waals surface area contributed by atoms with Crippen LogP contribution in [-0.2, 0) is 0 Å². The lowest BCUT2D eigenvalue weighted by molar-refractivity contribution is 0.651. The minimum absolute atomic E-state index is 0.655. The number of hydrogen-bond donors (Lipinski definition) is 0. The van der Waals surface area contributed by atoms with Gasteiger partial charge in [-0.25, -0.2) is 0 Å². The maximum Gasteiger partial charge on any atom is -0.0228 e. The molecule has 13 heavy (non-hydrogen) atoms. The first-order valence-electron chi connectivity index (χ1n) is 5.03. The van der Waals surface area contributed by atoms with Crippen molar-refractivity contribution in [2.24, 2.45) is 5.92 Å². The zero-order valence-corrected chi connectivity index (χ0v) is 9.65. The molecule has 0 heteroatoms. The standard InChI is InChI=1S/C13H22/c1-7-9-13(10(3)4)12(6)11(5)8-2/h7,9,11H,3,8H2,1-2,4-6H3. The van der Waals surface area contributed by atoms with E-state index < -0.39 is 0 Å². The van der Waals surface area contributed by atoms with Gasteiger partial charge >= 0.3 is 0 Å². The second kappa shape index (κ2) is 5.80. The van der Waals surface area contributed by atoms with Crippen LogP contribution < -0.4 is 0 Å². The fourth-order valence-corrected chi connectivity index (χ4v) is 1.35. The van der Waals surface area contributed by atoms with Crippen molar-refractivity contribution < 1.29 is 0 Å². The third kappa shape index (κ3) is 3.63. The van der Waals surface area contributed by atoms with Crippen LogP contribution in [0.1, 0.15) is 41.0 Å². The van der Waals surface area contributed by atoms with Gasteiger partial charge in [0.05, 0.1) is 0 Å². The highest BCUT2D eigenvalue weighted by Gasteiger charge is 2.06. The van der Waals surface area contributed by atoms with Gasteiger partial charge in [-0.1, -0.05) is 43.7 Å². The Balaban J connectivity index is 4.96. The topological polar surface area (TPSA) is 0 Å². The van der Waals surface area contributed by atoms with Crippen LogP contribution in [0.15, 0.2) is 35.5 Å². The summed E-state index contributed by atoms with van der Waals surface area (Å²) in [5.41, 5.74) is 3.93. The van der Waals surface area contributed by atoms with E-state index in [-0.39, 0.29) is 0 Å². The monoisotopic (exact) mass is 178 g/mol. The number of rotatable bonds is 4. The second-order valence-corrected chi connectivity index (χ2v) is 3.69. The van der Waals surface area contributed by atoms with E-state index in [1.807, 2.05) is 6.92 Å². The molecule has 0 aromatic carbocycles. The second-order valence-electron chi connectivity index (χ2n) is 3.69. The van der Waals surface area contributed by atoms with Gasteiger partial charge in [0.2, 0.25) is 0 Å². The molecule has 0 aliphatic rings. The minimum atomic E-state index is 0.655. The molecule has 1 unspecified atom stereocenters. The van der Waals surface area contributed by atoms with Crippen molar-refractivity contribution in [3.63, 3.8) is 0 Å². The third-order valence-corrected chi connectivity index (χ3v) is 2.57. The van der Waals surface area contributed by atoms with Crippen molar-refractivity contribution in [1.29, 1.82) is 0 Å². The smallest absolute Gasteiger partial charge is 0.0228 e. The van der Waals surface area contributed by atoms with Crippen LogP contribution in [0.4, 0.5) is 0 Å². The van der Waals surface area contributed by atoms with E-state index in [1.54, 1.807) is 0 Å². The number of hydrogen-bond acceptors (Lipinski definition) is 0. The molecule has 74 valence electrons. The van der Waals surface area contributed by atoms with Gasteiger partial charge in [0, 0.05) is 0 Å². The highest BCUT2D eigenvalue weighted by Crippen LogP contribution is 2.22. The van der Waals surface area contributed by atoms with Gasteiger partial charge in [-0.3, -0.25) is 0 Å². The summed E-state index contributed by atoms with van der Waals surface area (Å²) in [6.07, 6.45) is 5.43. The quantitative estimate of drug-likeness (QED) is 0.556. The Morgan fingerprint density at radius 1 is 1.38 bits per heavy atom. The first kappa shape index (κ1) is 12.2. The average molecular weight is 178 g/mol. The van der Waals surface area contributed by atoms with Gasteiger partial charge in [-0.05, 0) is 38.7 Å². The van der Waals surface area contributed by atoms with E-state index in [0.717, 1.165) is 5.57 Å². The third-order valence-electron chi connectivity index (χ3n) is 2.57. The van der Waals surface area contributed by atoms with Crippen molar-refractivity contribution >= 4 is 0 Å². The molecule has 0 N–H and O–H groups in total. The molecule has 0 aromatic heterocycles. The molecule has 0 heterocycles. The molecule has 0 saturated heterocycles. The highest BCUT2D eigenvalue weighted by atomic mass is 14.1. The lowest BCUT2D eigenvalue weighted by atomic mass is 9.92. The summed E-state index contributed by atoms with van der Waals surface area (Å²) in [5, 5.41) is 0. The molecule has 0 saturated carbocycles. The van der Waals surface area contributed by atoms with Gasteiger partial charge in [0.25, 0.3) is 0 Å². The molecule has 0 radical (unpaired) electrons. The van der Waals surface area contributed by atoms with E-state index in [1.165, 1.54) is 17.6 Å². The Kier molecular flexibility index (Phi) is 5.45. The lowest BCUT2D eigenvalue weighted by Crippen LogP contribution is -1.98. The average Bonchev–Trinajstić information content (AvgIpc) is 2.11. The van der Waals surface area contributed by atoms with Gasteiger partial charge in [0.15, 0.2) is 0 Å². The lowest BCUT2D eigenvalue weighted by Gasteiger charge is -2.14. The molecule has 0 spiro atoms. The summed E-state index contributed by atoms with van der Waals surface area (Å²) >= 11 is 0. The molecule has 0 aromatic rings. The van der Waals surface area contributed by atoms with Crippen molar-refractivity contribution in [1.82, 2.24) is 0 Å². The minimum Gasteiger partial charge on any atom is -0.0955 e. The molecule has 0 bridgehead atoms. The van der Waals surface area contributed by atoms with Gasteiger partial charge in [0.1, 0.15) is 0 Å². The maximum absolute atomic E-state index is 4.00. The van der Waals surface area contributed by atoms with Crippen molar-refractivity contribution in [3.8, 4) is 0 Å². The van der Waals surface area contributed by atoms with Gasteiger partial charge in [-0.2, -0.15) is 0 Å². The van der Waals surface area contributed by atoms with E-state index in [0.29, 0.717) is 5.92 Å². The molecular formula is C13H22. The maximum atomic E-state index is 4.00. The van der Waals surface area contributed by atoms with Crippen LogP contribution in [0.2, 0.25) is 0 Å². The van der Waals surface area contributed by atoms with Crippen molar-refractivity contribution in [2.75, 3.05) is 0 Å². The fourth-order valence-electron chi connectivity index (χ4n) is 1.35. The van der Waals surface area contributed by atoms with Crippen LogP contribution in [-0.4, -0.2) is 0 Å². The molecule has 0 aliphatic heterocycles. The van der Waals surface area contributed by atoms with Crippen LogP contribution >= 0.6 is 0 Å². The Morgan fingerprint density at radius 3 is 2.23 bits per heavy atom. The Bertz CT molecular complexity index is 228. The molecule has 1 atom stereocenters. The first-order valence-corrected chi connectivity index (χ1v) is 5.03. The highest BCUT2D eigenvalue weighted by molar-refractivity contribution is 5.40. The van der Waals surface area contributed by atoms with E-state index in [9.17, 15) is 0 Å². The summed E-state index contributed by atoms with van der Waals surface area (Å²) in [5.74, 6) is 0.655. The predicted octanol–water partition coefficient (Wildman–Crippen LogP) is 4.50. The Morgan fingerprint density at radius 2 is 1.92 bits per heavy atom. The summed E-state index contributed by atoms with van der Waals surface area (Å²) in [6.45, 7) is 14.8. The van der Waals surface area contributed by atoms with Crippen molar-refractivity contribution in [3.05, 3.63) is 35.5 Å². The zero-order chi connectivity index (χ0) is 10.4. The molecule has 0 fully saturated rings. The molecule has 0 nitrogen and oxygen atoms in total. The van der Waals surface area contributed by atoms with Crippen LogP contribution in [0.25, 0.3) is 0 Å². The fraction of sp³-hybridized carbons (Fsp3) is 0.538. The summed E-state index contributed by atoms with van der Waals surface area (Å²) in [6, 6.07) is 0. The van der Waals surface area contributed by atoms with E-state index in [2.05, 4.69) is 46.4 Å². The molecule has 0 amide bonds. The Labute approximate surface area is 83.0 Å². The normalized spacial score (nSPS) is 15.8. The molecule has 0 aliphatic carbocycles. The van der Waals surface area contributed by atoms with Crippen LogP contribution in [0.5, 0.6) is 0 Å². The molecular weight excluding hydrogens is 156 g/mol.